The zero-order valence-corrected chi connectivity index (χ0v) is 14.1. The number of ether oxygens (including phenoxy) is 5. The Labute approximate surface area is 130 Å². The summed E-state index contributed by atoms with van der Waals surface area (Å²) in [6.45, 7) is 7.23. The second-order valence-electron chi connectivity index (χ2n) is 6.70. The van der Waals surface area contributed by atoms with E-state index in [-0.39, 0.29) is 6.61 Å². The highest BCUT2D eigenvalue weighted by Crippen LogP contribution is 2.41. The molecule has 0 aromatic rings. The van der Waals surface area contributed by atoms with E-state index in [1.807, 2.05) is 0 Å². The predicted molar refractivity (Wildman–Crippen MR) is 73.3 cm³/mol. The van der Waals surface area contributed by atoms with Crippen molar-refractivity contribution in [2.24, 2.45) is 0 Å². The van der Waals surface area contributed by atoms with Gasteiger partial charge in [0.2, 0.25) is 0 Å². The Morgan fingerprint density at radius 3 is 2.27 bits per heavy atom. The number of rotatable bonds is 2. The van der Waals surface area contributed by atoms with Crippen molar-refractivity contribution in [1.82, 2.24) is 0 Å². The van der Waals surface area contributed by atoms with E-state index in [0.29, 0.717) is 0 Å². The van der Waals surface area contributed by atoms with Crippen LogP contribution in [0.1, 0.15) is 27.7 Å². The molecule has 0 aliphatic carbocycles. The molecule has 3 fully saturated rings. The Hall–Kier alpha value is -0.290. The Morgan fingerprint density at radius 2 is 1.64 bits per heavy atom. The van der Waals surface area contributed by atoms with Gasteiger partial charge in [0.05, 0.1) is 12.9 Å². The first kappa shape index (κ1) is 16.6. The lowest BCUT2D eigenvalue weighted by Crippen LogP contribution is -2.64. The van der Waals surface area contributed by atoms with Crippen molar-refractivity contribution in [3.8, 4) is 0 Å². The molecule has 0 aromatic carbocycles. The highest BCUT2D eigenvalue weighted by molar-refractivity contribution is 7.86. The fraction of sp³-hybridized carbons (Fsp3) is 1.00. The van der Waals surface area contributed by atoms with Crippen LogP contribution in [0.25, 0.3) is 0 Å². The van der Waals surface area contributed by atoms with Crippen molar-refractivity contribution in [2.45, 2.75) is 70.0 Å². The van der Waals surface area contributed by atoms with Crippen molar-refractivity contribution < 1.29 is 36.3 Å². The van der Waals surface area contributed by atoms with Crippen LogP contribution in [0.2, 0.25) is 0 Å². The first-order valence-electron chi connectivity index (χ1n) is 7.17. The molecule has 0 N–H and O–H groups in total. The summed E-state index contributed by atoms with van der Waals surface area (Å²) in [6, 6.07) is 0. The summed E-state index contributed by atoms with van der Waals surface area (Å²) >= 11 is 0. The van der Waals surface area contributed by atoms with Gasteiger partial charge in [-0.2, -0.15) is 8.42 Å². The minimum Gasteiger partial charge on any atom is -0.348 e. The molecule has 22 heavy (non-hydrogen) atoms. The Morgan fingerprint density at radius 1 is 1.00 bits per heavy atom. The van der Waals surface area contributed by atoms with Gasteiger partial charge in [0.25, 0.3) is 10.1 Å². The largest absolute Gasteiger partial charge is 0.348 e. The van der Waals surface area contributed by atoms with E-state index in [4.69, 9.17) is 27.9 Å². The van der Waals surface area contributed by atoms with Crippen molar-refractivity contribution in [3.05, 3.63) is 0 Å². The van der Waals surface area contributed by atoms with E-state index >= 15 is 0 Å². The number of fused-ring (bicyclic) bond motifs is 2. The Kier molecular flexibility index (Phi) is 3.84. The fourth-order valence-corrected chi connectivity index (χ4v) is 3.59. The quantitative estimate of drug-likeness (QED) is 0.667. The van der Waals surface area contributed by atoms with Crippen LogP contribution in [-0.4, -0.2) is 63.6 Å². The molecule has 3 saturated heterocycles. The minimum atomic E-state index is -3.70. The molecule has 0 aromatic heterocycles. The van der Waals surface area contributed by atoms with Crippen LogP contribution in [0, 0.1) is 0 Å². The molecule has 128 valence electrons. The molecule has 0 saturated carbocycles. The molecule has 3 rings (SSSR count). The maximum Gasteiger partial charge on any atom is 0.264 e. The number of hydrogen-bond acceptors (Lipinski definition) is 8. The van der Waals surface area contributed by atoms with E-state index in [1.165, 1.54) is 0 Å². The van der Waals surface area contributed by atoms with Gasteiger partial charge in [-0.15, -0.1) is 0 Å². The molecule has 3 aliphatic heterocycles. The summed E-state index contributed by atoms with van der Waals surface area (Å²) in [5, 5.41) is 0. The first-order valence-corrected chi connectivity index (χ1v) is 8.99. The SMILES string of the molecule is CC1(C)OC[C@H]2O[C@H]3OC(C)(C)O[C@@H]3[C@@H](OS(C)(=O)=O)[C@H]2O1. The smallest absolute Gasteiger partial charge is 0.264 e. The van der Waals surface area contributed by atoms with Gasteiger partial charge in [-0.25, -0.2) is 0 Å². The molecule has 3 aliphatic rings. The van der Waals surface area contributed by atoms with Crippen molar-refractivity contribution in [2.75, 3.05) is 12.9 Å². The van der Waals surface area contributed by atoms with E-state index in [1.54, 1.807) is 27.7 Å². The van der Waals surface area contributed by atoms with Gasteiger partial charge in [-0.3, -0.25) is 4.18 Å². The molecular formula is C13H22O8S. The maximum absolute atomic E-state index is 11.6. The molecule has 5 atom stereocenters. The lowest BCUT2D eigenvalue weighted by Gasteiger charge is -2.48. The minimum absolute atomic E-state index is 0.258. The van der Waals surface area contributed by atoms with Gasteiger partial charge in [0, 0.05) is 0 Å². The molecule has 0 radical (unpaired) electrons. The molecule has 0 amide bonds. The summed E-state index contributed by atoms with van der Waals surface area (Å²) in [6.07, 6.45) is -2.39. The summed E-state index contributed by atoms with van der Waals surface area (Å²) in [7, 11) is -3.70. The van der Waals surface area contributed by atoms with Gasteiger partial charge in [-0.1, -0.05) is 0 Å². The van der Waals surface area contributed by atoms with Gasteiger partial charge < -0.3 is 23.7 Å². The number of hydrogen-bond donors (Lipinski definition) is 0. The van der Waals surface area contributed by atoms with Gasteiger partial charge in [0.1, 0.15) is 24.4 Å². The van der Waals surface area contributed by atoms with Crippen molar-refractivity contribution in [3.63, 3.8) is 0 Å². The van der Waals surface area contributed by atoms with Crippen molar-refractivity contribution in [1.29, 1.82) is 0 Å². The molecule has 0 spiro atoms. The fourth-order valence-electron chi connectivity index (χ4n) is 2.97. The van der Waals surface area contributed by atoms with Crippen LogP contribution in [0.5, 0.6) is 0 Å². The van der Waals surface area contributed by atoms with Gasteiger partial charge in [-0.05, 0) is 27.7 Å². The standard InChI is InChI=1S/C13H22O8S/c1-12(2)16-6-7-8(18-12)9(21-22(5,14)15)10-11(17-7)20-13(3,4)19-10/h7-11H,6H2,1-5H3/t7-,8+,9+,10-,11+/m1/s1. The summed E-state index contributed by atoms with van der Waals surface area (Å²) < 4.78 is 57.2. The average molecular weight is 338 g/mol. The second-order valence-corrected chi connectivity index (χ2v) is 8.30. The molecule has 0 unspecified atom stereocenters. The van der Waals surface area contributed by atoms with Crippen LogP contribution < -0.4 is 0 Å². The topological polar surface area (TPSA) is 89.5 Å². The second kappa shape index (κ2) is 5.10. The molecule has 0 bridgehead atoms. The predicted octanol–water partition coefficient (Wildman–Crippen LogP) is 0.359. The monoisotopic (exact) mass is 338 g/mol. The Balaban J connectivity index is 1.91. The summed E-state index contributed by atoms with van der Waals surface area (Å²) in [5.74, 6) is -1.75. The lowest BCUT2D eigenvalue weighted by molar-refractivity contribution is -0.362. The third kappa shape index (κ3) is 3.30. The van der Waals surface area contributed by atoms with Crippen LogP contribution in [0.3, 0.4) is 0 Å². The molecule has 3 heterocycles. The zero-order chi connectivity index (χ0) is 16.3. The van der Waals surface area contributed by atoms with Crippen LogP contribution in [0.4, 0.5) is 0 Å². The lowest BCUT2D eigenvalue weighted by atomic mass is 9.97. The van der Waals surface area contributed by atoms with Crippen molar-refractivity contribution >= 4 is 10.1 Å². The van der Waals surface area contributed by atoms with E-state index in [0.717, 1.165) is 6.26 Å². The van der Waals surface area contributed by atoms with Gasteiger partial charge in [0.15, 0.2) is 17.9 Å². The van der Waals surface area contributed by atoms with Crippen LogP contribution in [0.15, 0.2) is 0 Å². The van der Waals surface area contributed by atoms with E-state index < -0.39 is 52.4 Å². The van der Waals surface area contributed by atoms with Crippen LogP contribution >= 0.6 is 0 Å². The summed E-state index contributed by atoms with van der Waals surface area (Å²) in [4.78, 5) is 0. The molecule has 9 heteroatoms. The highest BCUT2D eigenvalue weighted by Gasteiger charge is 2.59. The molecule has 8 nitrogen and oxygen atoms in total. The van der Waals surface area contributed by atoms with Gasteiger partial charge >= 0.3 is 0 Å². The third-order valence-electron chi connectivity index (χ3n) is 3.71. The van der Waals surface area contributed by atoms with E-state index in [2.05, 4.69) is 0 Å². The molecular weight excluding hydrogens is 316 g/mol. The average Bonchev–Trinajstić information content (AvgIpc) is 2.62. The normalized spacial score (nSPS) is 43.4. The van der Waals surface area contributed by atoms with Crippen LogP contribution in [-0.2, 0) is 38.0 Å². The highest BCUT2D eigenvalue weighted by atomic mass is 32.2. The Bertz CT molecular complexity index is 540. The summed E-state index contributed by atoms with van der Waals surface area (Å²) in [5.41, 5.74) is 0. The van der Waals surface area contributed by atoms with E-state index in [9.17, 15) is 8.42 Å². The maximum atomic E-state index is 11.6. The first-order chi connectivity index (χ1) is 9.96. The third-order valence-corrected chi connectivity index (χ3v) is 4.28. The zero-order valence-electron chi connectivity index (χ0n) is 13.3.